The van der Waals surface area contributed by atoms with Crippen LogP contribution in [-0.4, -0.2) is 40.3 Å². The average molecular weight is 495 g/mol. The Balaban J connectivity index is 1.89. The Hall–Kier alpha value is -2.71. The van der Waals surface area contributed by atoms with Gasteiger partial charge >= 0.3 is 6.18 Å². The molecule has 0 unspecified atom stereocenters. The summed E-state index contributed by atoms with van der Waals surface area (Å²) in [5.74, 6) is -3.88. The van der Waals surface area contributed by atoms with Crippen molar-refractivity contribution in [3.8, 4) is 0 Å². The molecule has 1 saturated carbocycles. The number of alkyl halides is 3. The molecule has 9 heteroatoms. The molecule has 1 N–H and O–H groups in total. The van der Waals surface area contributed by atoms with Crippen LogP contribution >= 0.6 is 0 Å². The first-order valence-corrected chi connectivity index (χ1v) is 11.9. The number of halogens is 4. The molecule has 2 aliphatic carbocycles. The molecule has 0 aromatic heterocycles. The first-order chi connectivity index (χ1) is 16.2. The van der Waals surface area contributed by atoms with Crippen molar-refractivity contribution in [2.45, 2.75) is 77.6 Å². The third-order valence-electron chi connectivity index (χ3n) is 7.89. The van der Waals surface area contributed by atoms with Crippen molar-refractivity contribution in [3.63, 3.8) is 0 Å². The van der Waals surface area contributed by atoms with Crippen LogP contribution in [0.5, 0.6) is 0 Å². The van der Waals surface area contributed by atoms with Crippen LogP contribution in [0.15, 0.2) is 35.5 Å². The summed E-state index contributed by atoms with van der Waals surface area (Å²) in [6.45, 7) is 7.50. The van der Waals surface area contributed by atoms with Gasteiger partial charge in [-0.15, -0.1) is 0 Å². The van der Waals surface area contributed by atoms with E-state index >= 15 is 0 Å². The molecular weight excluding hydrogens is 464 g/mol. The van der Waals surface area contributed by atoms with Crippen LogP contribution in [0.1, 0.15) is 70.2 Å². The van der Waals surface area contributed by atoms with Crippen LogP contribution in [0, 0.1) is 23.1 Å². The monoisotopic (exact) mass is 494 g/mol. The molecule has 5 nitrogen and oxygen atoms in total. The normalized spacial score (nSPS) is 31.0. The van der Waals surface area contributed by atoms with Crippen LogP contribution in [0.25, 0.3) is 0 Å². The molecule has 35 heavy (non-hydrogen) atoms. The van der Waals surface area contributed by atoms with Gasteiger partial charge in [-0.1, -0.05) is 40.5 Å². The predicted octanol–water partition coefficient (Wildman–Crippen LogP) is 5.17. The number of carbonyl (C=O) groups is 3. The van der Waals surface area contributed by atoms with Crippen molar-refractivity contribution in [2.75, 3.05) is 0 Å². The number of rotatable bonds is 3. The Morgan fingerprint density at radius 1 is 1.06 bits per heavy atom. The number of nitrogens with zero attached hydrogens (tertiary/aromatic N) is 1. The van der Waals surface area contributed by atoms with Gasteiger partial charge in [-0.05, 0) is 54.4 Å². The first kappa shape index (κ1) is 25.4. The Bertz CT molecular complexity index is 1090. The quantitative estimate of drug-likeness (QED) is 0.590. The predicted molar refractivity (Wildman–Crippen MR) is 121 cm³/mol. The van der Waals surface area contributed by atoms with Crippen LogP contribution < -0.4 is 5.32 Å². The smallest absolute Gasteiger partial charge is 0.326 e. The van der Waals surface area contributed by atoms with Crippen LogP contribution in [-0.2, 0) is 9.59 Å². The molecule has 190 valence electrons. The summed E-state index contributed by atoms with van der Waals surface area (Å²) in [6, 6.07) is 3.46. The van der Waals surface area contributed by atoms with Crippen LogP contribution in [0.3, 0.4) is 0 Å². The van der Waals surface area contributed by atoms with E-state index in [4.69, 9.17) is 0 Å². The molecule has 4 atom stereocenters. The minimum absolute atomic E-state index is 0.0685. The molecule has 1 fully saturated rings. The van der Waals surface area contributed by atoms with Crippen molar-refractivity contribution in [3.05, 3.63) is 46.9 Å². The highest BCUT2D eigenvalue weighted by Gasteiger charge is 2.72. The molecule has 1 aliphatic heterocycles. The highest BCUT2D eigenvalue weighted by molar-refractivity contribution is 6.14. The third-order valence-corrected chi connectivity index (χ3v) is 7.89. The zero-order valence-corrected chi connectivity index (χ0v) is 20.3. The van der Waals surface area contributed by atoms with Gasteiger partial charge in [0.25, 0.3) is 11.8 Å². The number of carbonyl (C=O) groups excluding carboxylic acids is 3. The van der Waals surface area contributed by atoms with Gasteiger partial charge in [-0.25, -0.2) is 4.39 Å². The van der Waals surface area contributed by atoms with E-state index in [0.717, 1.165) is 37.1 Å². The van der Waals surface area contributed by atoms with Gasteiger partial charge in [0, 0.05) is 23.7 Å². The average Bonchev–Trinajstić information content (AvgIpc) is 2.98. The van der Waals surface area contributed by atoms with Crippen molar-refractivity contribution in [1.82, 2.24) is 10.2 Å². The number of Topliss-reactive ketones (excluding diaryl/α,β-unsaturated/α-hetero) is 1. The summed E-state index contributed by atoms with van der Waals surface area (Å²) in [7, 11) is 0. The van der Waals surface area contributed by atoms with E-state index in [1.807, 2.05) is 19.2 Å². The maximum atomic E-state index is 14.9. The van der Waals surface area contributed by atoms with Gasteiger partial charge in [0.05, 0.1) is 5.57 Å². The van der Waals surface area contributed by atoms with Crippen LogP contribution in [0.4, 0.5) is 17.6 Å². The van der Waals surface area contributed by atoms with E-state index in [1.54, 1.807) is 13.8 Å². The second-order valence-electron chi connectivity index (χ2n) is 11.0. The first-order valence-electron chi connectivity index (χ1n) is 11.9. The maximum Gasteiger partial charge on any atom is 0.425 e. The second-order valence-corrected chi connectivity index (χ2v) is 11.0. The highest BCUT2D eigenvalue weighted by atomic mass is 19.4. The number of amides is 2. The summed E-state index contributed by atoms with van der Waals surface area (Å²) in [4.78, 5) is 41.4. The molecule has 1 heterocycles. The minimum Gasteiger partial charge on any atom is -0.326 e. The highest BCUT2D eigenvalue weighted by Crippen LogP contribution is 2.54. The minimum atomic E-state index is -5.27. The van der Waals surface area contributed by atoms with Gasteiger partial charge in [-0.2, -0.15) is 13.2 Å². The molecule has 0 spiro atoms. The number of hydrogen-bond donors (Lipinski definition) is 1. The fraction of sp³-hybridized carbons (Fsp3) is 0.577. The molecular formula is C26H30F4N2O3. The summed E-state index contributed by atoms with van der Waals surface area (Å²) < 4.78 is 58.2. The fourth-order valence-corrected chi connectivity index (χ4v) is 5.89. The van der Waals surface area contributed by atoms with Gasteiger partial charge in [0.15, 0.2) is 5.78 Å². The summed E-state index contributed by atoms with van der Waals surface area (Å²) in [6.07, 6.45) is -3.16. The number of hydrogen-bond acceptors (Lipinski definition) is 3. The van der Waals surface area contributed by atoms with E-state index in [0.29, 0.717) is 6.42 Å². The number of nitrogens with one attached hydrogen (secondary N) is 1. The van der Waals surface area contributed by atoms with Crippen molar-refractivity contribution in [1.29, 1.82) is 0 Å². The molecule has 2 amide bonds. The standard InChI is InChI=1S/C26H30F4N2O3/c1-14-6-5-7-18(15(14)2)32-19-12-24(3,4)13-20(33)21(19)25(23(32)35,26(28,29)30)31-22(34)16-8-10-17(27)11-9-16/h8-11,14-15,18H,5-7,12-13H2,1-4H3,(H,31,34)/t14-,15-,18-,25+/m0/s1. The van der Waals surface area contributed by atoms with E-state index < -0.39 is 52.2 Å². The molecule has 0 radical (unpaired) electrons. The Labute approximate surface area is 201 Å². The largest absolute Gasteiger partial charge is 0.425 e. The Morgan fingerprint density at radius 2 is 1.69 bits per heavy atom. The SMILES string of the molecule is C[C@H]1[C@@H](C)CCC[C@@H]1N1C(=O)[C@@](NC(=O)c2ccc(F)cc2)(C(F)(F)F)C2=C1CC(C)(C)CC2=O. The van der Waals surface area contributed by atoms with Gasteiger partial charge in [-0.3, -0.25) is 14.4 Å². The van der Waals surface area contributed by atoms with Crippen molar-refractivity contribution in [2.24, 2.45) is 17.3 Å². The lowest BCUT2D eigenvalue weighted by atomic mass is 9.72. The van der Waals surface area contributed by atoms with E-state index in [-0.39, 0.29) is 35.9 Å². The molecule has 1 aromatic rings. The topological polar surface area (TPSA) is 66.5 Å². The van der Waals surface area contributed by atoms with E-state index in [2.05, 4.69) is 0 Å². The zero-order chi connectivity index (χ0) is 25.9. The van der Waals surface area contributed by atoms with Crippen molar-refractivity contribution >= 4 is 17.6 Å². The Morgan fingerprint density at radius 3 is 2.29 bits per heavy atom. The molecule has 3 aliphatic rings. The van der Waals surface area contributed by atoms with E-state index in [1.165, 1.54) is 4.90 Å². The summed E-state index contributed by atoms with van der Waals surface area (Å²) >= 11 is 0. The third kappa shape index (κ3) is 4.06. The molecule has 0 saturated heterocycles. The number of ketones is 1. The van der Waals surface area contributed by atoms with Gasteiger partial charge in [0.2, 0.25) is 5.54 Å². The fourth-order valence-electron chi connectivity index (χ4n) is 5.89. The second kappa shape index (κ2) is 8.45. The molecule has 0 bridgehead atoms. The van der Waals surface area contributed by atoms with E-state index in [9.17, 15) is 31.9 Å². The number of allylic oxidation sites excluding steroid dienone is 1. The number of benzene rings is 1. The lowest BCUT2D eigenvalue weighted by Gasteiger charge is -2.43. The zero-order valence-electron chi connectivity index (χ0n) is 20.3. The van der Waals surface area contributed by atoms with Crippen molar-refractivity contribution < 1.29 is 31.9 Å². The molecule has 4 rings (SSSR count). The van der Waals surface area contributed by atoms with Gasteiger partial charge in [0.1, 0.15) is 5.82 Å². The molecule has 1 aromatic carbocycles. The van der Waals surface area contributed by atoms with Gasteiger partial charge < -0.3 is 10.2 Å². The Kier molecular flexibility index (Phi) is 6.13. The van der Waals surface area contributed by atoms with Crippen LogP contribution in [0.2, 0.25) is 0 Å². The maximum absolute atomic E-state index is 14.9. The lowest BCUT2D eigenvalue weighted by Crippen LogP contribution is -2.67. The summed E-state index contributed by atoms with van der Waals surface area (Å²) in [5.41, 5.74) is -4.97. The lowest BCUT2D eigenvalue weighted by molar-refractivity contribution is -0.192. The summed E-state index contributed by atoms with van der Waals surface area (Å²) in [5, 5.41) is 1.91.